The van der Waals surface area contributed by atoms with E-state index in [9.17, 15) is 18.0 Å². The summed E-state index contributed by atoms with van der Waals surface area (Å²) in [5, 5.41) is 0. The van der Waals surface area contributed by atoms with Crippen molar-refractivity contribution < 1.29 is 22.7 Å². The van der Waals surface area contributed by atoms with E-state index in [1.807, 2.05) is 38.1 Å². The number of carbonyl (C=O) groups is 2. The molecule has 1 amide bonds. The summed E-state index contributed by atoms with van der Waals surface area (Å²) < 4.78 is 29.5. The first-order valence-electron chi connectivity index (χ1n) is 8.70. The van der Waals surface area contributed by atoms with Crippen LogP contribution >= 0.6 is 27.7 Å². The molecule has 0 N–H and O–H groups in total. The number of carbonyl (C=O) groups excluding carboxylic acids is 2. The maximum Gasteiger partial charge on any atom is 0.316 e. The Bertz CT molecular complexity index is 764. The zero-order chi connectivity index (χ0) is 20.0. The lowest BCUT2D eigenvalue weighted by Crippen LogP contribution is -2.45. The molecule has 27 heavy (non-hydrogen) atoms. The number of ether oxygens (including phenoxy) is 1. The second-order valence-corrected chi connectivity index (χ2v) is 11.1. The monoisotopic (exact) mass is 477 g/mol. The molecule has 1 atom stereocenters. The van der Waals surface area contributed by atoms with Crippen molar-refractivity contribution in [2.24, 2.45) is 5.92 Å². The lowest BCUT2D eigenvalue weighted by molar-refractivity contribution is -0.151. The minimum absolute atomic E-state index is 0.0151. The van der Waals surface area contributed by atoms with Gasteiger partial charge >= 0.3 is 5.97 Å². The molecule has 0 saturated carbocycles. The predicted molar refractivity (Wildman–Crippen MR) is 109 cm³/mol. The van der Waals surface area contributed by atoms with Crippen molar-refractivity contribution in [3.63, 3.8) is 0 Å². The molecule has 2 rings (SSSR count). The average molecular weight is 478 g/mol. The zero-order valence-electron chi connectivity index (χ0n) is 15.4. The Morgan fingerprint density at radius 3 is 2.52 bits per heavy atom. The van der Waals surface area contributed by atoms with Crippen molar-refractivity contribution in [1.82, 2.24) is 4.90 Å². The van der Waals surface area contributed by atoms with Crippen LogP contribution in [0.2, 0.25) is 0 Å². The van der Waals surface area contributed by atoms with Crippen LogP contribution < -0.4 is 0 Å². The van der Waals surface area contributed by atoms with Gasteiger partial charge < -0.3 is 9.64 Å². The number of nitrogens with zero attached hydrogens (tertiary/aromatic N) is 1. The van der Waals surface area contributed by atoms with Crippen LogP contribution in [0.15, 0.2) is 33.6 Å². The highest BCUT2D eigenvalue weighted by Crippen LogP contribution is 2.21. The lowest BCUT2D eigenvalue weighted by Gasteiger charge is -2.29. The summed E-state index contributed by atoms with van der Waals surface area (Å²) in [6.45, 7) is 4.02. The van der Waals surface area contributed by atoms with E-state index in [0.29, 0.717) is 13.0 Å². The van der Waals surface area contributed by atoms with Crippen molar-refractivity contribution in [3.8, 4) is 0 Å². The highest BCUT2D eigenvalue weighted by atomic mass is 79.9. The molecule has 1 aromatic carbocycles. The number of sulfone groups is 1. The highest BCUT2D eigenvalue weighted by molar-refractivity contribution is 9.10. The van der Waals surface area contributed by atoms with Crippen LogP contribution in [-0.4, -0.2) is 61.6 Å². The summed E-state index contributed by atoms with van der Waals surface area (Å²) in [6.07, 6.45) is 0.439. The molecular weight excluding hydrogens is 454 g/mol. The third-order valence-electron chi connectivity index (χ3n) is 4.06. The first-order valence-corrected chi connectivity index (χ1v) is 12.3. The Morgan fingerprint density at radius 2 is 1.96 bits per heavy atom. The van der Waals surface area contributed by atoms with Crippen LogP contribution in [0.1, 0.15) is 20.3 Å². The Balaban J connectivity index is 1.85. The van der Waals surface area contributed by atoms with Gasteiger partial charge in [-0.05, 0) is 36.6 Å². The largest absolute Gasteiger partial charge is 0.455 e. The van der Waals surface area contributed by atoms with Gasteiger partial charge in [-0.15, -0.1) is 11.8 Å². The Morgan fingerprint density at radius 1 is 1.30 bits per heavy atom. The molecule has 0 unspecified atom stereocenters. The number of hydrogen-bond donors (Lipinski definition) is 0. The first kappa shape index (κ1) is 22.2. The molecule has 1 heterocycles. The molecule has 1 aliphatic heterocycles. The minimum Gasteiger partial charge on any atom is -0.455 e. The Labute approximate surface area is 173 Å². The van der Waals surface area contributed by atoms with Crippen LogP contribution in [0.5, 0.6) is 0 Å². The molecule has 1 aliphatic rings. The van der Waals surface area contributed by atoms with Gasteiger partial charge in [0.25, 0.3) is 5.91 Å². The summed E-state index contributed by atoms with van der Waals surface area (Å²) in [6, 6.07) is 7.21. The third-order valence-corrected chi connectivity index (χ3v) is 7.32. The lowest BCUT2D eigenvalue weighted by atomic mass is 10.1. The number of esters is 1. The Kier molecular flexibility index (Phi) is 8.18. The van der Waals surface area contributed by atoms with Crippen LogP contribution in [0.3, 0.4) is 0 Å². The van der Waals surface area contributed by atoms with Gasteiger partial charge in [-0.2, -0.15) is 0 Å². The standard InChI is InChI=1S/C18H24BrNO5S2/c1-13(2)9-20(15-7-8-27(23,24)12-15)17(21)10-25-18(22)11-26-16-5-3-14(19)4-6-16/h3-6,13,15H,7-12H2,1-2H3/t15-/m0/s1. The maximum absolute atomic E-state index is 12.5. The van der Waals surface area contributed by atoms with Crippen molar-refractivity contribution in [3.05, 3.63) is 28.7 Å². The fraction of sp³-hybridized carbons (Fsp3) is 0.556. The molecule has 1 saturated heterocycles. The fourth-order valence-electron chi connectivity index (χ4n) is 2.81. The van der Waals surface area contributed by atoms with E-state index in [1.165, 1.54) is 11.8 Å². The maximum atomic E-state index is 12.5. The number of halogens is 1. The van der Waals surface area contributed by atoms with Gasteiger partial charge in [-0.25, -0.2) is 8.42 Å². The molecule has 6 nitrogen and oxygen atoms in total. The van der Waals surface area contributed by atoms with Gasteiger partial charge in [-0.1, -0.05) is 29.8 Å². The van der Waals surface area contributed by atoms with Gasteiger partial charge in [0.05, 0.1) is 17.3 Å². The molecule has 1 fully saturated rings. The van der Waals surface area contributed by atoms with Crippen molar-refractivity contribution in [1.29, 1.82) is 0 Å². The Hall–Kier alpha value is -1.06. The normalized spacial score (nSPS) is 18.4. The molecule has 9 heteroatoms. The van der Waals surface area contributed by atoms with Crippen molar-refractivity contribution in [2.45, 2.75) is 31.2 Å². The molecule has 0 radical (unpaired) electrons. The van der Waals surface area contributed by atoms with E-state index >= 15 is 0 Å². The second-order valence-electron chi connectivity index (χ2n) is 6.90. The van der Waals surface area contributed by atoms with Gasteiger partial charge in [-0.3, -0.25) is 9.59 Å². The van der Waals surface area contributed by atoms with Crippen molar-refractivity contribution in [2.75, 3.05) is 30.4 Å². The summed E-state index contributed by atoms with van der Waals surface area (Å²) in [5.74, 6) is -0.424. The van der Waals surface area contributed by atoms with E-state index < -0.39 is 15.8 Å². The van der Waals surface area contributed by atoms with Crippen LogP contribution in [0.25, 0.3) is 0 Å². The quantitative estimate of drug-likeness (QED) is 0.422. The van der Waals surface area contributed by atoms with E-state index in [4.69, 9.17) is 4.74 Å². The number of hydrogen-bond acceptors (Lipinski definition) is 6. The second kappa shape index (κ2) is 9.93. The average Bonchev–Trinajstić information content (AvgIpc) is 2.96. The highest BCUT2D eigenvalue weighted by Gasteiger charge is 2.35. The summed E-state index contributed by atoms with van der Waals surface area (Å²) in [5.41, 5.74) is 0. The number of benzene rings is 1. The van der Waals surface area contributed by atoms with Gasteiger partial charge in [0.2, 0.25) is 0 Å². The van der Waals surface area contributed by atoms with Crippen LogP contribution in [-0.2, 0) is 24.2 Å². The van der Waals surface area contributed by atoms with Gasteiger partial charge in [0, 0.05) is 22.0 Å². The fourth-order valence-corrected chi connectivity index (χ4v) is 5.50. The number of rotatable bonds is 8. The van der Waals surface area contributed by atoms with Crippen molar-refractivity contribution >= 4 is 49.4 Å². The molecule has 0 spiro atoms. The van der Waals surface area contributed by atoms with E-state index in [1.54, 1.807) is 4.90 Å². The zero-order valence-corrected chi connectivity index (χ0v) is 18.6. The predicted octanol–water partition coefficient (Wildman–Crippen LogP) is 2.76. The van der Waals surface area contributed by atoms with Gasteiger partial charge in [0.15, 0.2) is 16.4 Å². The number of amides is 1. The van der Waals surface area contributed by atoms with Crippen LogP contribution in [0.4, 0.5) is 0 Å². The third kappa shape index (κ3) is 7.46. The summed E-state index contributed by atoms with van der Waals surface area (Å²) >= 11 is 4.68. The molecule has 0 bridgehead atoms. The molecule has 150 valence electrons. The van der Waals surface area contributed by atoms with E-state index in [2.05, 4.69) is 15.9 Å². The van der Waals surface area contributed by atoms with E-state index in [0.717, 1.165) is 9.37 Å². The topological polar surface area (TPSA) is 80.8 Å². The minimum atomic E-state index is -3.09. The summed E-state index contributed by atoms with van der Waals surface area (Å²) in [4.78, 5) is 27.0. The molecular formula is C18H24BrNO5S2. The summed E-state index contributed by atoms with van der Waals surface area (Å²) in [7, 11) is -3.09. The smallest absolute Gasteiger partial charge is 0.316 e. The first-order chi connectivity index (χ1) is 12.7. The number of thioether (sulfide) groups is 1. The SMILES string of the molecule is CC(C)CN(C(=O)COC(=O)CSc1ccc(Br)cc1)[C@H]1CCS(=O)(=O)C1. The van der Waals surface area contributed by atoms with E-state index in [-0.39, 0.29) is 41.7 Å². The molecule has 1 aromatic rings. The molecule has 0 aliphatic carbocycles. The molecule has 0 aromatic heterocycles. The van der Waals surface area contributed by atoms with Gasteiger partial charge in [0.1, 0.15) is 0 Å². The van der Waals surface area contributed by atoms with Crippen LogP contribution in [0, 0.1) is 5.92 Å².